The van der Waals surface area contributed by atoms with Gasteiger partial charge in [0.2, 0.25) is 0 Å². The number of hydrogen-bond acceptors (Lipinski definition) is 2. The summed E-state index contributed by atoms with van der Waals surface area (Å²) in [7, 11) is 1.82. The van der Waals surface area contributed by atoms with Gasteiger partial charge in [0.15, 0.2) is 5.96 Å². The Balaban J connectivity index is 3.70. The molecule has 0 aromatic carbocycles. The van der Waals surface area contributed by atoms with Gasteiger partial charge in [0.25, 0.3) is 0 Å². The molecule has 0 bridgehead atoms. The highest BCUT2D eigenvalue weighted by molar-refractivity contribution is 5.80. The molecule has 0 unspecified atom stereocenters. The smallest absolute Gasteiger partial charge is 0.191 e. The molecule has 0 saturated carbocycles. The minimum Gasteiger partial charge on any atom is -0.356 e. The van der Waals surface area contributed by atoms with E-state index in [2.05, 4.69) is 55.1 Å². The molecule has 0 aliphatic heterocycles. The summed E-state index contributed by atoms with van der Waals surface area (Å²) in [5, 5.41) is 6.71. The molecule has 18 heavy (non-hydrogen) atoms. The Morgan fingerprint density at radius 1 is 1.11 bits per heavy atom. The van der Waals surface area contributed by atoms with Crippen LogP contribution in [0.4, 0.5) is 0 Å². The Hall–Kier alpha value is -0.770. The molecule has 0 aliphatic rings. The third-order valence-electron chi connectivity index (χ3n) is 2.80. The van der Waals surface area contributed by atoms with Crippen LogP contribution in [-0.2, 0) is 0 Å². The molecule has 0 rings (SSSR count). The second-order valence-corrected chi connectivity index (χ2v) is 5.61. The van der Waals surface area contributed by atoms with Crippen molar-refractivity contribution < 1.29 is 0 Å². The SMILES string of the molecule is CCN(CC)CCCCNC(=NC)NC(C)(C)C. The standard InChI is InChI=1S/C14H32N4/c1-7-18(8-2)12-10-9-11-16-13(15-6)17-14(3,4)5/h7-12H2,1-6H3,(H2,15,16,17). The van der Waals surface area contributed by atoms with E-state index in [1.165, 1.54) is 19.4 Å². The van der Waals surface area contributed by atoms with Gasteiger partial charge >= 0.3 is 0 Å². The van der Waals surface area contributed by atoms with Gasteiger partial charge in [-0.3, -0.25) is 4.99 Å². The first kappa shape index (κ1) is 17.2. The van der Waals surface area contributed by atoms with Crippen LogP contribution in [0.5, 0.6) is 0 Å². The Labute approximate surface area is 113 Å². The van der Waals surface area contributed by atoms with Crippen LogP contribution in [0.15, 0.2) is 4.99 Å². The molecule has 0 atom stereocenters. The molecule has 0 amide bonds. The topological polar surface area (TPSA) is 39.7 Å². The third kappa shape index (κ3) is 9.28. The number of nitrogens with one attached hydrogen (secondary N) is 2. The highest BCUT2D eigenvalue weighted by atomic mass is 15.2. The first-order valence-corrected chi connectivity index (χ1v) is 7.14. The summed E-state index contributed by atoms with van der Waals surface area (Å²) in [4.78, 5) is 6.68. The van der Waals surface area contributed by atoms with Gasteiger partial charge in [0.05, 0.1) is 0 Å². The number of aliphatic imine (C=N–C) groups is 1. The van der Waals surface area contributed by atoms with Crippen molar-refractivity contribution in [2.24, 2.45) is 4.99 Å². The predicted octanol–water partition coefficient (Wildman–Crippen LogP) is 2.07. The molecular formula is C14H32N4. The van der Waals surface area contributed by atoms with E-state index >= 15 is 0 Å². The lowest BCUT2D eigenvalue weighted by Gasteiger charge is -2.24. The first-order chi connectivity index (χ1) is 8.42. The maximum Gasteiger partial charge on any atom is 0.191 e. The maximum atomic E-state index is 4.22. The van der Waals surface area contributed by atoms with Gasteiger partial charge in [-0.25, -0.2) is 0 Å². The van der Waals surface area contributed by atoms with Crippen LogP contribution >= 0.6 is 0 Å². The molecule has 0 spiro atoms. The van der Waals surface area contributed by atoms with Crippen molar-refractivity contribution >= 4 is 5.96 Å². The van der Waals surface area contributed by atoms with Crippen molar-refractivity contribution in [2.45, 2.75) is 53.0 Å². The van der Waals surface area contributed by atoms with E-state index in [4.69, 9.17) is 0 Å². The Morgan fingerprint density at radius 2 is 1.72 bits per heavy atom. The third-order valence-corrected chi connectivity index (χ3v) is 2.80. The Kier molecular flexibility index (Phi) is 8.81. The van der Waals surface area contributed by atoms with E-state index in [-0.39, 0.29) is 5.54 Å². The summed E-state index contributed by atoms with van der Waals surface area (Å²) in [5.74, 6) is 0.894. The average Bonchev–Trinajstić information content (AvgIpc) is 2.30. The van der Waals surface area contributed by atoms with Gasteiger partial charge in [-0.2, -0.15) is 0 Å². The highest BCUT2D eigenvalue weighted by Crippen LogP contribution is 1.98. The second kappa shape index (κ2) is 9.20. The summed E-state index contributed by atoms with van der Waals surface area (Å²) in [6.07, 6.45) is 2.42. The first-order valence-electron chi connectivity index (χ1n) is 7.14. The fourth-order valence-electron chi connectivity index (χ4n) is 1.74. The minimum absolute atomic E-state index is 0.0586. The Bertz CT molecular complexity index is 226. The summed E-state index contributed by atoms with van der Waals surface area (Å²) in [6, 6.07) is 0. The van der Waals surface area contributed by atoms with Crippen LogP contribution < -0.4 is 10.6 Å². The zero-order valence-electron chi connectivity index (χ0n) is 13.1. The molecular weight excluding hydrogens is 224 g/mol. The maximum absolute atomic E-state index is 4.22. The van der Waals surface area contributed by atoms with Crippen molar-refractivity contribution in [1.82, 2.24) is 15.5 Å². The lowest BCUT2D eigenvalue weighted by Crippen LogP contribution is -2.47. The highest BCUT2D eigenvalue weighted by Gasteiger charge is 2.11. The van der Waals surface area contributed by atoms with Crippen molar-refractivity contribution in [3.63, 3.8) is 0 Å². The largest absolute Gasteiger partial charge is 0.356 e. The lowest BCUT2D eigenvalue weighted by molar-refractivity contribution is 0.297. The van der Waals surface area contributed by atoms with Crippen molar-refractivity contribution in [3.05, 3.63) is 0 Å². The van der Waals surface area contributed by atoms with Crippen LogP contribution in [0.3, 0.4) is 0 Å². The van der Waals surface area contributed by atoms with Crippen LogP contribution in [-0.4, -0.2) is 49.6 Å². The summed E-state index contributed by atoms with van der Waals surface area (Å²) in [6.45, 7) is 15.3. The quantitative estimate of drug-likeness (QED) is 0.416. The number of guanidine groups is 1. The monoisotopic (exact) mass is 256 g/mol. The molecule has 0 saturated heterocycles. The molecule has 0 radical (unpaired) electrons. The van der Waals surface area contributed by atoms with Crippen LogP contribution in [0.2, 0.25) is 0 Å². The van der Waals surface area contributed by atoms with Gasteiger partial charge in [-0.1, -0.05) is 13.8 Å². The summed E-state index contributed by atoms with van der Waals surface area (Å²) in [5.41, 5.74) is 0.0586. The number of nitrogens with zero attached hydrogens (tertiary/aromatic N) is 2. The normalized spacial score (nSPS) is 12.9. The van der Waals surface area contributed by atoms with Crippen molar-refractivity contribution in [2.75, 3.05) is 33.2 Å². The number of rotatable bonds is 7. The summed E-state index contributed by atoms with van der Waals surface area (Å²) >= 11 is 0. The van der Waals surface area contributed by atoms with Gasteiger partial charge in [-0.05, 0) is 53.2 Å². The van der Waals surface area contributed by atoms with Crippen LogP contribution in [0.1, 0.15) is 47.5 Å². The molecule has 0 aromatic rings. The van der Waals surface area contributed by atoms with Gasteiger partial charge in [-0.15, -0.1) is 0 Å². The zero-order chi connectivity index (χ0) is 14.0. The Morgan fingerprint density at radius 3 is 2.17 bits per heavy atom. The van der Waals surface area contributed by atoms with Crippen LogP contribution in [0.25, 0.3) is 0 Å². The molecule has 4 nitrogen and oxygen atoms in total. The molecule has 0 heterocycles. The fourth-order valence-corrected chi connectivity index (χ4v) is 1.74. The van der Waals surface area contributed by atoms with Gasteiger partial charge in [0.1, 0.15) is 0 Å². The zero-order valence-corrected chi connectivity index (χ0v) is 13.1. The number of unbranched alkanes of at least 4 members (excludes halogenated alkanes) is 1. The average molecular weight is 256 g/mol. The fraction of sp³-hybridized carbons (Fsp3) is 0.929. The van der Waals surface area contributed by atoms with E-state index in [0.29, 0.717) is 0 Å². The molecule has 0 aromatic heterocycles. The van der Waals surface area contributed by atoms with E-state index < -0.39 is 0 Å². The van der Waals surface area contributed by atoms with Gasteiger partial charge < -0.3 is 15.5 Å². The van der Waals surface area contributed by atoms with Gasteiger partial charge in [0, 0.05) is 19.1 Å². The van der Waals surface area contributed by atoms with E-state index in [9.17, 15) is 0 Å². The lowest BCUT2D eigenvalue weighted by atomic mass is 10.1. The van der Waals surface area contributed by atoms with Crippen LogP contribution in [0, 0.1) is 0 Å². The van der Waals surface area contributed by atoms with Crippen molar-refractivity contribution in [1.29, 1.82) is 0 Å². The van der Waals surface area contributed by atoms with Crippen molar-refractivity contribution in [3.8, 4) is 0 Å². The minimum atomic E-state index is 0.0586. The van der Waals surface area contributed by atoms with E-state index in [1.807, 2.05) is 7.05 Å². The molecule has 108 valence electrons. The number of hydrogen-bond donors (Lipinski definition) is 2. The predicted molar refractivity (Wildman–Crippen MR) is 81.3 cm³/mol. The summed E-state index contributed by atoms with van der Waals surface area (Å²) < 4.78 is 0. The molecule has 4 heteroatoms. The van der Waals surface area contributed by atoms with E-state index in [1.54, 1.807) is 0 Å². The molecule has 2 N–H and O–H groups in total. The molecule has 0 fully saturated rings. The second-order valence-electron chi connectivity index (χ2n) is 5.61. The molecule has 0 aliphatic carbocycles. The van der Waals surface area contributed by atoms with E-state index in [0.717, 1.165) is 25.6 Å².